The minimum absolute atomic E-state index is 0.00646. The SMILES string of the molecule is Cc1ccc(C(F)(F)F)cc1N1CCN(C(=O)C2CC2c2cccc(S)c2)CC1. The Morgan fingerprint density at radius 2 is 1.79 bits per heavy atom. The molecule has 2 aromatic rings. The van der Waals surface area contributed by atoms with Crippen LogP contribution in [0.3, 0.4) is 0 Å². The molecule has 0 N–H and O–H groups in total. The third-order valence-corrected chi connectivity index (χ3v) is 6.15. The number of halogens is 3. The van der Waals surface area contributed by atoms with Crippen LogP contribution in [0.2, 0.25) is 0 Å². The van der Waals surface area contributed by atoms with Crippen LogP contribution in [-0.4, -0.2) is 37.0 Å². The number of aryl methyl sites for hydroxylation is 1. The second-order valence-corrected chi connectivity index (χ2v) is 8.37. The average molecular weight is 421 g/mol. The number of benzene rings is 2. The highest BCUT2D eigenvalue weighted by Crippen LogP contribution is 2.49. The maximum absolute atomic E-state index is 13.1. The van der Waals surface area contributed by atoms with E-state index in [2.05, 4.69) is 12.6 Å². The van der Waals surface area contributed by atoms with Crippen molar-refractivity contribution >= 4 is 24.2 Å². The number of anilines is 1. The molecule has 3 nitrogen and oxygen atoms in total. The molecule has 0 radical (unpaired) electrons. The first-order valence-corrected chi connectivity index (χ1v) is 10.2. The summed E-state index contributed by atoms with van der Waals surface area (Å²) in [5, 5.41) is 0. The van der Waals surface area contributed by atoms with Crippen LogP contribution in [0.25, 0.3) is 0 Å². The molecule has 2 fully saturated rings. The van der Waals surface area contributed by atoms with E-state index in [1.165, 1.54) is 12.1 Å². The molecule has 0 bridgehead atoms. The molecule has 1 saturated heterocycles. The maximum atomic E-state index is 13.1. The van der Waals surface area contributed by atoms with Gasteiger partial charge in [0.05, 0.1) is 5.56 Å². The van der Waals surface area contributed by atoms with Crippen molar-refractivity contribution < 1.29 is 18.0 Å². The van der Waals surface area contributed by atoms with Crippen molar-refractivity contribution in [3.05, 3.63) is 59.2 Å². The summed E-state index contributed by atoms with van der Waals surface area (Å²) in [6.45, 7) is 3.96. The maximum Gasteiger partial charge on any atom is 0.416 e. The van der Waals surface area contributed by atoms with E-state index in [0.717, 1.165) is 28.5 Å². The van der Waals surface area contributed by atoms with E-state index in [-0.39, 0.29) is 17.7 Å². The fourth-order valence-corrected chi connectivity index (χ4v) is 4.36. The van der Waals surface area contributed by atoms with Gasteiger partial charge in [0.1, 0.15) is 0 Å². The van der Waals surface area contributed by atoms with Gasteiger partial charge in [0, 0.05) is 42.7 Å². The Bertz CT molecular complexity index is 923. The summed E-state index contributed by atoms with van der Waals surface area (Å²) in [6.07, 6.45) is -3.51. The molecule has 0 spiro atoms. The van der Waals surface area contributed by atoms with Gasteiger partial charge in [-0.1, -0.05) is 18.2 Å². The average Bonchev–Trinajstić information content (AvgIpc) is 3.48. The molecule has 1 heterocycles. The van der Waals surface area contributed by atoms with E-state index < -0.39 is 11.7 Å². The summed E-state index contributed by atoms with van der Waals surface area (Å²) in [5.74, 6) is 0.408. The summed E-state index contributed by atoms with van der Waals surface area (Å²) in [6, 6.07) is 11.8. The van der Waals surface area contributed by atoms with Crippen molar-refractivity contribution in [2.24, 2.45) is 5.92 Å². The lowest BCUT2D eigenvalue weighted by atomic mass is 10.1. The van der Waals surface area contributed by atoms with Gasteiger partial charge in [0.25, 0.3) is 0 Å². The zero-order valence-corrected chi connectivity index (χ0v) is 17.0. The summed E-state index contributed by atoms with van der Waals surface area (Å²) >= 11 is 4.37. The van der Waals surface area contributed by atoms with Crippen molar-refractivity contribution in [2.45, 2.75) is 30.3 Å². The third-order valence-electron chi connectivity index (χ3n) is 5.87. The lowest BCUT2D eigenvalue weighted by Gasteiger charge is -2.37. The zero-order valence-electron chi connectivity index (χ0n) is 16.1. The van der Waals surface area contributed by atoms with Gasteiger partial charge >= 0.3 is 6.18 Å². The molecule has 7 heteroatoms. The molecular weight excluding hydrogens is 397 g/mol. The number of amides is 1. The van der Waals surface area contributed by atoms with Gasteiger partial charge in [-0.25, -0.2) is 0 Å². The number of carbonyl (C=O) groups excluding carboxylic acids is 1. The van der Waals surface area contributed by atoms with Gasteiger partial charge in [0.15, 0.2) is 0 Å². The van der Waals surface area contributed by atoms with E-state index in [1.54, 1.807) is 0 Å². The zero-order chi connectivity index (χ0) is 20.8. The summed E-state index contributed by atoms with van der Waals surface area (Å²) in [5.41, 5.74) is 1.92. The first-order chi connectivity index (χ1) is 13.7. The second kappa shape index (κ2) is 7.59. The van der Waals surface area contributed by atoms with Gasteiger partial charge in [0.2, 0.25) is 5.91 Å². The van der Waals surface area contributed by atoms with Crippen molar-refractivity contribution in [1.82, 2.24) is 4.90 Å². The van der Waals surface area contributed by atoms with Gasteiger partial charge in [-0.3, -0.25) is 4.79 Å². The normalized spacial score (nSPS) is 22.0. The minimum Gasteiger partial charge on any atom is -0.368 e. The number of alkyl halides is 3. The fraction of sp³-hybridized carbons (Fsp3) is 0.409. The number of rotatable bonds is 3. The first-order valence-electron chi connectivity index (χ1n) is 9.74. The molecule has 1 aliphatic heterocycles. The Morgan fingerprint density at radius 1 is 1.07 bits per heavy atom. The van der Waals surface area contributed by atoms with E-state index in [9.17, 15) is 18.0 Å². The Hall–Kier alpha value is -2.15. The fourth-order valence-electron chi connectivity index (χ4n) is 4.12. The first kappa shape index (κ1) is 20.1. The number of piperazine rings is 1. The van der Waals surface area contributed by atoms with Crippen molar-refractivity contribution in [2.75, 3.05) is 31.1 Å². The molecule has 2 aliphatic rings. The lowest BCUT2D eigenvalue weighted by molar-refractivity contribution is -0.137. The van der Waals surface area contributed by atoms with Crippen LogP contribution in [0.15, 0.2) is 47.4 Å². The Kier molecular flexibility index (Phi) is 5.27. The van der Waals surface area contributed by atoms with Crippen LogP contribution in [-0.2, 0) is 11.0 Å². The Morgan fingerprint density at radius 3 is 2.45 bits per heavy atom. The van der Waals surface area contributed by atoms with Crippen molar-refractivity contribution in [3.63, 3.8) is 0 Å². The smallest absolute Gasteiger partial charge is 0.368 e. The highest BCUT2D eigenvalue weighted by Gasteiger charge is 2.46. The summed E-state index contributed by atoms with van der Waals surface area (Å²) in [4.78, 5) is 17.6. The van der Waals surface area contributed by atoms with Gasteiger partial charge in [-0.05, 0) is 54.7 Å². The van der Waals surface area contributed by atoms with Crippen LogP contribution in [0.1, 0.15) is 29.0 Å². The highest BCUT2D eigenvalue weighted by atomic mass is 32.1. The monoisotopic (exact) mass is 420 g/mol. The molecule has 1 saturated carbocycles. The van der Waals surface area contributed by atoms with E-state index in [0.29, 0.717) is 31.9 Å². The van der Waals surface area contributed by atoms with Gasteiger partial charge in [-0.15, -0.1) is 12.6 Å². The van der Waals surface area contributed by atoms with Crippen molar-refractivity contribution in [1.29, 1.82) is 0 Å². The molecule has 29 heavy (non-hydrogen) atoms. The molecule has 4 rings (SSSR count). The number of hydrogen-bond acceptors (Lipinski definition) is 3. The van der Waals surface area contributed by atoms with Crippen LogP contribution < -0.4 is 4.90 Å². The minimum atomic E-state index is -4.36. The van der Waals surface area contributed by atoms with Crippen LogP contribution in [0, 0.1) is 12.8 Å². The number of nitrogens with zero attached hydrogens (tertiary/aromatic N) is 2. The van der Waals surface area contributed by atoms with Gasteiger partial charge < -0.3 is 9.80 Å². The van der Waals surface area contributed by atoms with E-state index in [4.69, 9.17) is 0 Å². The van der Waals surface area contributed by atoms with Crippen LogP contribution in [0.4, 0.5) is 18.9 Å². The molecule has 1 amide bonds. The van der Waals surface area contributed by atoms with Crippen LogP contribution in [0.5, 0.6) is 0 Å². The standard InChI is InChI=1S/C22H23F3N2OS/c1-14-5-6-16(22(23,24)25)12-20(14)26-7-9-27(10-8-26)21(28)19-13-18(19)15-3-2-4-17(29)11-15/h2-6,11-12,18-19,29H,7-10,13H2,1H3. The molecular formula is C22H23F3N2OS. The molecule has 0 aromatic heterocycles. The van der Waals surface area contributed by atoms with Crippen LogP contribution >= 0.6 is 12.6 Å². The number of thiol groups is 1. The molecule has 1 aliphatic carbocycles. The third kappa shape index (κ3) is 4.25. The molecule has 154 valence electrons. The summed E-state index contributed by atoms with van der Waals surface area (Å²) < 4.78 is 39.2. The highest BCUT2D eigenvalue weighted by molar-refractivity contribution is 7.80. The molecule has 2 unspecified atom stereocenters. The van der Waals surface area contributed by atoms with E-state index in [1.807, 2.05) is 41.0 Å². The largest absolute Gasteiger partial charge is 0.416 e. The Labute approximate surface area is 173 Å². The van der Waals surface area contributed by atoms with Crippen molar-refractivity contribution in [3.8, 4) is 0 Å². The predicted molar refractivity (Wildman–Crippen MR) is 110 cm³/mol. The molecule has 2 atom stereocenters. The quantitative estimate of drug-likeness (QED) is 0.724. The topological polar surface area (TPSA) is 23.6 Å². The Balaban J connectivity index is 1.38. The predicted octanol–water partition coefficient (Wildman–Crippen LogP) is 4.75. The lowest BCUT2D eigenvalue weighted by Crippen LogP contribution is -2.49. The number of hydrogen-bond donors (Lipinski definition) is 1. The molecule has 2 aromatic carbocycles. The summed E-state index contributed by atoms with van der Waals surface area (Å²) in [7, 11) is 0. The second-order valence-electron chi connectivity index (χ2n) is 7.86. The van der Waals surface area contributed by atoms with E-state index >= 15 is 0 Å². The van der Waals surface area contributed by atoms with Gasteiger partial charge in [-0.2, -0.15) is 13.2 Å². The number of carbonyl (C=O) groups is 1.